The Labute approximate surface area is 102 Å². The van der Waals surface area contributed by atoms with Crippen LogP contribution in [0.4, 0.5) is 0 Å². The first kappa shape index (κ1) is 11.1. The highest BCUT2D eigenvalue weighted by Crippen LogP contribution is 2.23. The summed E-state index contributed by atoms with van der Waals surface area (Å²) >= 11 is 3.35. The minimum Gasteiger partial charge on any atom is -0.324 e. The van der Waals surface area contributed by atoms with Gasteiger partial charge in [0.15, 0.2) is 0 Å². The van der Waals surface area contributed by atoms with Crippen molar-refractivity contribution in [2.45, 2.75) is 26.3 Å². The minimum atomic E-state index is 0.129. The molecule has 1 atom stereocenters. The average Bonchev–Trinajstić information content (AvgIpc) is 2.53. The molecule has 82 valence electrons. The monoisotopic (exact) mass is 278 g/mol. The summed E-state index contributed by atoms with van der Waals surface area (Å²) < 4.78 is 2.86. The lowest BCUT2D eigenvalue weighted by Crippen LogP contribution is -2.06. The number of fused-ring (bicyclic) bond motifs is 1. The summed E-state index contributed by atoms with van der Waals surface area (Å²) in [7, 11) is 0. The lowest BCUT2D eigenvalue weighted by atomic mass is 10.2. The Bertz CT molecular complexity index is 567. The molecule has 0 aliphatic carbocycles. The fourth-order valence-electron chi connectivity index (χ4n) is 1.87. The minimum absolute atomic E-state index is 0.129. The third-order valence-electron chi connectivity index (χ3n) is 2.55. The van der Waals surface area contributed by atoms with Crippen molar-refractivity contribution in [1.82, 2.24) is 14.5 Å². The number of hydrogen-bond donors (Lipinski definition) is 0. The lowest BCUT2D eigenvalue weighted by Gasteiger charge is -2.12. The van der Waals surface area contributed by atoms with Gasteiger partial charge in [-0.2, -0.15) is 5.26 Å². The number of aryl methyl sites for hydroxylation is 1. The van der Waals surface area contributed by atoms with Gasteiger partial charge in [-0.25, -0.2) is 9.97 Å². The average molecular weight is 279 g/mol. The summed E-state index contributed by atoms with van der Waals surface area (Å²) in [5, 5.41) is 8.75. The molecule has 2 rings (SSSR count). The normalized spacial score (nSPS) is 12.6. The largest absolute Gasteiger partial charge is 0.324 e. The molecular weight excluding hydrogens is 268 g/mol. The summed E-state index contributed by atoms with van der Waals surface area (Å²) in [5.74, 6) is 0.914. The number of rotatable bonds is 2. The number of halogens is 1. The molecule has 0 aliphatic rings. The lowest BCUT2D eigenvalue weighted by molar-refractivity contribution is 0.560. The zero-order valence-corrected chi connectivity index (χ0v) is 10.7. The van der Waals surface area contributed by atoms with Crippen molar-refractivity contribution < 1.29 is 0 Å². The molecule has 0 saturated heterocycles. The predicted octanol–water partition coefficient (Wildman–Crippen LogP) is 2.98. The molecule has 0 spiro atoms. The van der Waals surface area contributed by atoms with E-state index < -0.39 is 0 Å². The molecule has 0 saturated carbocycles. The Kier molecular flexibility index (Phi) is 2.92. The maximum Gasteiger partial charge on any atom is 0.108 e. The number of nitriles is 1. The second-order valence-electron chi connectivity index (χ2n) is 3.74. The van der Waals surface area contributed by atoms with Crippen LogP contribution in [0.2, 0.25) is 0 Å². The number of imidazole rings is 1. The number of hydrogen-bond acceptors (Lipinski definition) is 3. The Hall–Kier alpha value is -1.41. The molecule has 0 aromatic carbocycles. The van der Waals surface area contributed by atoms with E-state index in [2.05, 4.69) is 36.5 Å². The fourth-order valence-corrected chi connectivity index (χ4v) is 2.19. The van der Waals surface area contributed by atoms with Crippen molar-refractivity contribution in [2.24, 2.45) is 0 Å². The first-order chi connectivity index (χ1) is 7.63. The van der Waals surface area contributed by atoms with E-state index in [-0.39, 0.29) is 6.04 Å². The van der Waals surface area contributed by atoms with Crippen molar-refractivity contribution in [3.05, 3.63) is 22.7 Å². The molecule has 0 amide bonds. The van der Waals surface area contributed by atoms with E-state index in [4.69, 9.17) is 5.26 Å². The summed E-state index contributed by atoms with van der Waals surface area (Å²) in [6, 6.07) is 4.25. The van der Waals surface area contributed by atoms with Crippen molar-refractivity contribution in [3.8, 4) is 6.07 Å². The van der Waals surface area contributed by atoms with Crippen LogP contribution < -0.4 is 0 Å². The fraction of sp³-hybridized carbons (Fsp3) is 0.364. The molecule has 2 heterocycles. The second kappa shape index (κ2) is 4.22. The van der Waals surface area contributed by atoms with Crippen LogP contribution in [0.3, 0.4) is 0 Å². The van der Waals surface area contributed by atoms with Crippen LogP contribution in [0.1, 0.15) is 25.2 Å². The molecule has 0 N–H and O–H groups in total. The predicted molar refractivity (Wildman–Crippen MR) is 64.9 cm³/mol. The third kappa shape index (κ3) is 1.81. The van der Waals surface area contributed by atoms with Gasteiger partial charge in [-0.3, -0.25) is 0 Å². The summed E-state index contributed by atoms with van der Waals surface area (Å²) in [5.41, 5.74) is 1.88. The van der Waals surface area contributed by atoms with Crippen molar-refractivity contribution in [1.29, 1.82) is 5.26 Å². The van der Waals surface area contributed by atoms with Gasteiger partial charge in [-0.05, 0) is 35.8 Å². The third-order valence-corrected chi connectivity index (χ3v) is 2.98. The van der Waals surface area contributed by atoms with Gasteiger partial charge < -0.3 is 4.57 Å². The SMILES string of the molecule is Cc1nc2cnc(Br)cc2n1C(C)CC#N. The second-order valence-corrected chi connectivity index (χ2v) is 4.55. The highest BCUT2D eigenvalue weighted by atomic mass is 79.9. The maximum atomic E-state index is 8.75. The van der Waals surface area contributed by atoms with Crippen LogP contribution in [0.25, 0.3) is 11.0 Å². The van der Waals surface area contributed by atoms with Crippen LogP contribution >= 0.6 is 15.9 Å². The quantitative estimate of drug-likeness (QED) is 0.794. The summed E-state index contributed by atoms with van der Waals surface area (Å²) in [6.07, 6.45) is 2.22. The molecule has 2 aromatic rings. The molecule has 4 nitrogen and oxygen atoms in total. The molecule has 0 aliphatic heterocycles. The molecule has 0 bridgehead atoms. The van der Waals surface area contributed by atoms with Gasteiger partial charge in [0.05, 0.1) is 24.2 Å². The van der Waals surface area contributed by atoms with Crippen LogP contribution in [-0.4, -0.2) is 14.5 Å². The number of pyridine rings is 1. The molecule has 0 fully saturated rings. The first-order valence-corrected chi connectivity index (χ1v) is 5.80. The Morgan fingerprint density at radius 2 is 2.38 bits per heavy atom. The summed E-state index contributed by atoms with van der Waals surface area (Å²) in [6.45, 7) is 3.97. The van der Waals surface area contributed by atoms with Gasteiger partial charge in [-0.15, -0.1) is 0 Å². The van der Waals surface area contributed by atoms with E-state index in [0.717, 1.165) is 21.5 Å². The molecule has 16 heavy (non-hydrogen) atoms. The zero-order valence-electron chi connectivity index (χ0n) is 9.11. The maximum absolute atomic E-state index is 8.75. The van der Waals surface area contributed by atoms with Gasteiger partial charge in [0, 0.05) is 6.04 Å². The highest BCUT2D eigenvalue weighted by molar-refractivity contribution is 9.10. The smallest absolute Gasteiger partial charge is 0.108 e. The van der Waals surface area contributed by atoms with Crippen molar-refractivity contribution in [3.63, 3.8) is 0 Å². The van der Waals surface area contributed by atoms with E-state index in [1.165, 1.54) is 0 Å². The summed E-state index contributed by atoms with van der Waals surface area (Å²) in [4.78, 5) is 8.57. The van der Waals surface area contributed by atoms with E-state index in [1.54, 1.807) is 6.20 Å². The first-order valence-electron chi connectivity index (χ1n) is 5.00. The van der Waals surface area contributed by atoms with Gasteiger partial charge in [0.25, 0.3) is 0 Å². The van der Waals surface area contributed by atoms with Crippen LogP contribution in [0, 0.1) is 18.3 Å². The molecular formula is C11H11BrN4. The molecule has 2 aromatic heterocycles. The highest BCUT2D eigenvalue weighted by Gasteiger charge is 2.13. The van der Waals surface area contributed by atoms with Crippen LogP contribution in [-0.2, 0) is 0 Å². The van der Waals surface area contributed by atoms with Crippen molar-refractivity contribution >= 4 is 27.0 Å². The Balaban J connectivity index is 2.63. The van der Waals surface area contributed by atoms with Gasteiger partial charge in [0.1, 0.15) is 15.9 Å². The number of nitrogens with zero attached hydrogens (tertiary/aromatic N) is 4. The molecule has 1 unspecified atom stereocenters. The van der Waals surface area contributed by atoms with E-state index in [1.807, 2.05) is 19.9 Å². The topological polar surface area (TPSA) is 54.5 Å². The number of aromatic nitrogens is 3. The Morgan fingerprint density at radius 3 is 3.06 bits per heavy atom. The standard InChI is InChI=1S/C11H11BrN4/c1-7(3-4-13)16-8(2)15-9-6-14-11(12)5-10(9)16/h5-7H,3H2,1-2H3. The molecule has 0 radical (unpaired) electrons. The van der Waals surface area contributed by atoms with Crippen molar-refractivity contribution in [2.75, 3.05) is 0 Å². The zero-order chi connectivity index (χ0) is 11.7. The van der Waals surface area contributed by atoms with Crippen LogP contribution in [0.5, 0.6) is 0 Å². The van der Waals surface area contributed by atoms with E-state index >= 15 is 0 Å². The Morgan fingerprint density at radius 1 is 1.62 bits per heavy atom. The van der Waals surface area contributed by atoms with E-state index in [0.29, 0.717) is 6.42 Å². The van der Waals surface area contributed by atoms with Crippen LogP contribution in [0.15, 0.2) is 16.9 Å². The van der Waals surface area contributed by atoms with E-state index in [9.17, 15) is 0 Å². The van der Waals surface area contributed by atoms with Gasteiger partial charge in [0.2, 0.25) is 0 Å². The molecule has 5 heteroatoms. The van der Waals surface area contributed by atoms with Gasteiger partial charge >= 0.3 is 0 Å². The van der Waals surface area contributed by atoms with Gasteiger partial charge in [-0.1, -0.05) is 0 Å².